The number of benzene rings is 2. The van der Waals surface area contributed by atoms with Crippen LogP contribution >= 0.6 is 23.2 Å². The van der Waals surface area contributed by atoms with Crippen LogP contribution in [0.3, 0.4) is 0 Å². The molecule has 0 atom stereocenters. The van der Waals surface area contributed by atoms with Crippen molar-refractivity contribution in [2.45, 2.75) is 18.4 Å². The van der Waals surface area contributed by atoms with Gasteiger partial charge in [0, 0.05) is 0 Å². The fourth-order valence-corrected chi connectivity index (χ4v) is 3.45. The number of anilines is 1. The molecule has 112 valence electrons. The minimum atomic E-state index is -3.77. The topological polar surface area (TPSA) is 66.4 Å². The van der Waals surface area contributed by atoms with Gasteiger partial charge in [-0.15, -0.1) is 0 Å². The fourth-order valence-electron chi connectivity index (χ4n) is 1.80. The zero-order valence-electron chi connectivity index (χ0n) is 11.1. The summed E-state index contributed by atoms with van der Waals surface area (Å²) in [6, 6.07) is 9.24. The molecule has 0 heterocycles. The Balaban J connectivity index is 2.40. The first kappa shape index (κ1) is 16.1. The van der Waals surface area contributed by atoms with Gasteiger partial charge in [0.1, 0.15) is 0 Å². The van der Waals surface area contributed by atoms with E-state index in [1.807, 2.05) is 0 Å². The number of nitrogens with one attached hydrogen (secondary N) is 1. The van der Waals surface area contributed by atoms with Crippen molar-refractivity contribution in [2.75, 3.05) is 4.72 Å². The number of aliphatic hydroxyl groups excluding tert-OH is 1. The summed E-state index contributed by atoms with van der Waals surface area (Å²) in [5, 5.41) is 9.74. The average molecular weight is 346 g/mol. The Kier molecular flexibility index (Phi) is 4.78. The zero-order chi connectivity index (χ0) is 15.6. The molecule has 2 rings (SSSR count). The first-order valence-electron chi connectivity index (χ1n) is 6.02. The van der Waals surface area contributed by atoms with Crippen molar-refractivity contribution in [3.63, 3.8) is 0 Å². The maximum Gasteiger partial charge on any atom is 0.262 e. The van der Waals surface area contributed by atoms with E-state index in [-0.39, 0.29) is 16.5 Å². The van der Waals surface area contributed by atoms with Crippen LogP contribution < -0.4 is 4.72 Å². The van der Waals surface area contributed by atoms with Crippen LogP contribution in [-0.4, -0.2) is 13.5 Å². The molecule has 21 heavy (non-hydrogen) atoms. The number of aryl methyl sites for hydroxylation is 1. The second-order valence-electron chi connectivity index (χ2n) is 4.49. The summed E-state index contributed by atoms with van der Waals surface area (Å²) in [6.07, 6.45) is 0. The quantitative estimate of drug-likeness (QED) is 0.889. The van der Waals surface area contributed by atoms with Crippen LogP contribution in [0.2, 0.25) is 10.0 Å². The Morgan fingerprint density at radius 1 is 1.10 bits per heavy atom. The van der Waals surface area contributed by atoms with Gasteiger partial charge in [0.05, 0.1) is 27.2 Å². The van der Waals surface area contributed by atoms with Gasteiger partial charge in [-0.05, 0) is 42.3 Å². The van der Waals surface area contributed by atoms with Gasteiger partial charge in [-0.3, -0.25) is 4.72 Å². The minimum Gasteiger partial charge on any atom is -0.392 e. The number of sulfonamides is 1. The van der Waals surface area contributed by atoms with Crippen LogP contribution in [0.25, 0.3) is 0 Å². The Morgan fingerprint density at radius 2 is 1.81 bits per heavy atom. The molecule has 0 aromatic heterocycles. The molecule has 0 fully saturated rings. The molecule has 0 radical (unpaired) electrons. The number of hydrogen-bond donors (Lipinski definition) is 2. The van der Waals surface area contributed by atoms with Crippen molar-refractivity contribution in [1.82, 2.24) is 0 Å². The lowest BCUT2D eigenvalue weighted by Gasteiger charge is -2.12. The highest BCUT2D eigenvalue weighted by Gasteiger charge is 2.18. The largest absolute Gasteiger partial charge is 0.392 e. The van der Waals surface area contributed by atoms with Gasteiger partial charge in [-0.2, -0.15) is 0 Å². The van der Waals surface area contributed by atoms with Crippen molar-refractivity contribution in [2.24, 2.45) is 0 Å². The summed E-state index contributed by atoms with van der Waals surface area (Å²) >= 11 is 11.7. The standard InChI is InChI=1S/C14H13Cl2NO3S/c1-9-2-3-10(8-18)6-14(9)21(19,20)17-11-4-5-12(15)13(16)7-11/h2-7,17-18H,8H2,1H3. The molecule has 0 saturated heterocycles. The van der Waals surface area contributed by atoms with Crippen LogP contribution in [0.15, 0.2) is 41.3 Å². The van der Waals surface area contributed by atoms with Crippen LogP contribution in [0, 0.1) is 6.92 Å². The van der Waals surface area contributed by atoms with Gasteiger partial charge < -0.3 is 5.11 Å². The normalized spacial score (nSPS) is 11.4. The molecule has 0 spiro atoms. The van der Waals surface area contributed by atoms with E-state index in [9.17, 15) is 8.42 Å². The molecule has 2 aromatic carbocycles. The molecular formula is C14H13Cl2NO3S. The highest BCUT2D eigenvalue weighted by atomic mass is 35.5. The minimum absolute atomic E-state index is 0.111. The summed E-state index contributed by atoms with van der Waals surface area (Å²) in [7, 11) is -3.77. The van der Waals surface area contributed by atoms with E-state index in [4.69, 9.17) is 28.3 Å². The number of halogens is 2. The van der Waals surface area contributed by atoms with Gasteiger partial charge in [0.25, 0.3) is 10.0 Å². The molecule has 0 bridgehead atoms. The number of rotatable bonds is 4. The Labute approximate surface area is 133 Å². The molecular weight excluding hydrogens is 333 g/mol. The lowest BCUT2D eigenvalue weighted by Crippen LogP contribution is -2.14. The van der Waals surface area contributed by atoms with E-state index in [2.05, 4.69) is 4.72 Å². The van der Waals surface area contributed by atoms with Crippen molar-refractivity contribution in [3.8, 4) is 0 Å². The van der Waals surface area contributed by atoms with Crippen LogP contribution in [0.5, 0.6) is 0 Å². The molecule has 0 aliphatic heterocycles. The third kappa shape index (κ3) is 3.68. The highest BCUT2D eigenvalue weighted by molar-refractivity contribution is 7.92. The van der Waals surface area contributed by atoms with Gasteiger partial charge >= 0.3 is 0 Å². The van der Waals surface area contributed by atoms with Gasteiger partial charge in [-0.1, -0.05) is 35.3 Å². The summed E-state index contributed by atoms with van der Waals surface area (Å²) in [4.78, 5) is 0.111. The predicted molar refractivity (Wildman–Crippen MR) is 84.4 cm³/mol. The van der Waals surface area contributed by atoms with Gasteiger partial charge in [0.15, 0.2) is 0 Å². The zero-order valence-corrected chi connectivity index (χ0v) is 13.4. The molecule has 2 aromatic rings. The molecule has 4 nitrogen and oxygen atoms in total. The molecule has 0 unspecified atom stereocenters. The lowest BCUT2D eigenvalue weighted by atomic mass is 10.2. The summed E-state index contributed by atoms with van der Waals surface area (Å²) in [5.74, 6) is 0. The monoisotopic (exact) mass is 345 g/mol. The van der Waals surface area contributed by atoms with E-state index in [1.54, 1.807) is 19.1 Å². The molecule has 0 aliphatic carbocycles. The first-order chi connectivity index (χ1) is 9.83. The third-order valence-corrected chi connectivity index (χ3v) is 5.16. The lowest BCUT2D eigenvalue weighted by molar-refractivity contribution is 0.281. The predicted octanol–water partition coefficient (Wildman–Crippen LogP) is 3.59. The van der Waals surface area contributed by atoms with E-state index < -0.39 is 10.0 Å². The van der Waals surface area contributed by atoms with Crippen molar-refractivity contribution in [3.05, 3.63) is 57.6 Å². The highest BCUT2D eigenvalue weighted by Crippen LogP contribution is 2.27. The summed E-state index contributed by atoms with van der Waals surface area (Å²) in [6.45, 7) is 1.46. The molecule has 0 amide bonds. The molecule has 0 aliphatic rings. The fraction of sp³-hybridized carbons (Fsp3) is 0.143. The Morgan fingerprint density at radius 3 is 2.43 bits per heavy atom. The Hall–Kier alpha value is -1.27. The number of aliphatic hydroxyl groups is 1. The maximum absolute atomic E-state index is 12.4. The number of hydrogen-bond acceptors (Lipinski definition) is 3. The summed E-state index contributed by atoms with van der Waals surface area (Å²) in [5.41, 5.74) is 1.42. The first-order valence-corrected chi connectivity index (χ1v) is 8.25. The smallest absolute Gasteiger partial charge is 0.262 e. The van der Waals surface area contributed by atoms with E-state index >= 15 is 0 Å². The van der Waals surface area contributed by atoms with Crippen LogP contribution in [0.1, 0.15) is 11.1 Å². The maximum atomic E-state index is 12.4. The third-order valence-electron chi connectivity index (χ3n) is 2.90. The van der Waals surface area contributed by atoms with E-state index in [0.29, 0.717) is 21.8 Å². The second kappa shape index (κ2) is 6.23. The van der Waals surface area contributed by atoms with Crippen LogP contribution in [-0.2, 0) is 16.6 Å². The average Bonchev–Trinajstić information content (AvgIpc) is 2.43. The van der Waals surface area contributed by atoms with E-state index in [1.165, 1.54) is 24.3 Å². The van der Waals surface area contributed by atoms with E-state index in [0.717, 1.165) is 0 Å². The second-order valence-corrected chi connectivity index (χ2v) is 6.96. The summed E-state index contributed by atoms with van der Waals surface area (Å²) < 4.78 is 27.3. The molecule has 7 heteroatoms. The molecule has 0 saturated carbocycles. The Bertz CT molecular complexity index is 776. The van der Waals surface area contributed by atoms with Gasteiger partial charge in [0.2, 0.25) is 0 Å². The SMILES string of the molecule is Cc1ccc(CO)cc1S(=O)(=O)Nc1ccc(Cl)c(Cl)c1. The van der Waals surface area contributed by atoms with Crippen molar-refractivity contribution >= 4 is 38.9 Å². The van der Waals surface area contributed by atoms with Crippen molar-refractivity contribution in [1.29, 1.82) is 0 Å². The van der Waals surface area contributed by atoms with Crippen molar-refractivity contribution < 1.29 is 13.5 Å². The molecule has 2 N–H and O–H groups in total. The van der Waals surface area contributed by atoms with Gasteiger partial charge in [-0.25, -0.2) is 8.42 Å². The van der Waals surface area contributed by atoms with Crippen LogP contribution in [0.4, 0.5) is 5.69 Å².